The minimum absolute atomic E-state index is 0.305. The number of para-hydroxylation sites is 3. The first-order chi connectivity index (χ1) is 18.0. The number of methoxy groups -OCH3 is 1. The van der Waals surface area contributed by atoms with Crippen molar-refractivity contribution in [1.82, 2.24) is 9.78 Å². The summed E-state index contributed by atoms with van der Waals surface area (Å²) in [5.41, 5.74) is 2.97. The topological polar surface area (TPSA) is 97.3 Å². The first-order valence-electron chi connectivity index (χ1n) is 11.6. The van der Waals surface area contributed by atoms with E-state index in [1.54, 1.807) is 60.1 Å². The molecule has 2 amide bonds. The van der Waals surface area contributed by atoms with Crippen LogP contribution in [-0.4, -0.2) is 28.7 Å². The zero-order valence-electron chi connectivity index (χ0n) is 20.2. The number of ether oxygens (including phenoxy) is 1. The number of aromatic nitrogens is 2. The van der Waals surface area contributed by atoms with Gasteiger partial charge in [0.15, 0.2) is 0 Å². The quantitative estimate of drug-likeness (QED) is 0.340. The Morgan fingerprint density at radius 1 is 0.946 bits per heavy atom. The number of halogens is 1. The van der Waals surface area contributed by atoms with E-state index in [4.69, 9.17) is 4.74 Å². The Balaban J connectivity index is 1.55. The summed E-state index contributed by atoms with van der Waals surface area (Å²) in [7, 11) is 1.52. The Hall–Kier alpha value is -4.92. The zero-order chi connectivity index (χ0) is 25.9. The highest BCUT2D eigenvalue weighted by Gasteiger charge is 2.35. The maximum absolute atomic E-state index is 13.8. The fraction of sp³-hybridized carbons (Fsp3) is 0.107. The molecule has 0 bridgehead atoms. The molecule has 0 saturated heterocycles. The molecule has 0 spiro atoms. The van der Waals surface area contributed by atoms with Crippen LogP contribution in [-0.2, 0) is 4.79 Å². The molecule has 0 saturated carbocycles. The van der Waals surface area contributed by atoms with Gasteiger partial charge < -0.3 is 20.7 Å². The second-order valence-electron chi connectivity index (χ2n) is 8.44. The van der Waals surface area contributed by atoms with Crippen LogP contribution in [0, 0.1) is 5.82 Å². The SMILES string of the molecule is COc1ccccc1NC(=O)C1=C(C)Nc2c(C(=O)Nc3ccccc3)cnn2[C@H]1c1ccc(F)cc1. The number of carbonyl (C=O) groups is 2. The second kappa shape index (κ2) is 9.98. The average Bonchev–Trinajstić information content (AvgIpc) is 3.33. The first kappa shape index (κ1) is 23.8. The predicted molar refractivity (Wildman–Crippen MR) is 139 cm³/mol. The van der Waals surface area contributed by atoms with E-state index >= 15 is 0 Å². The van der Waals surface area contributed by atoms with Gasteiger partial charge in [0.2, 0.25) is 0 Å². The third kappa shape index (κ3) is 4.66. The van der Waals surface area contributed by atoms with Crippen molar-refractivity contribution in [2.75, 3.05) is 23.1 Å². The number of rotatable bonds is 6. The number of hydrogen-bond acceptors (Lipinski definition) is 5. The minimum Gasteiger partial charge on any atom is -0.495 e. The number of carbonyl (C=O) groups excluding carboxylic acids is 2. The number of amides is 2. The molecule has 1 aliphatic rings. The fourth-order valence-corrected chi connectivity index (χ4v) is 4.33. The molecule has 0 aliphatic carbocycles. The lowest BCUT2D eigenvalue weighted by Crippen LogP contribution is -2.32. The highest BCUT2D eigenvalue weighted by atomic mass is 19.1. The monoisotopic (exact) mass is 497 g/mol. The average molecular weight is 498 g/mol. The molecule has 4 aromatic rings. The highest BCUT2D eigenvalue weighted by molar-refractivity contribution is 6.09. The summed E-state index contributed by atoms with van der Waals surface area (Å²) >= 11 is 0. The van der Waals surface area contributed by atoms with Crippen LogP contribution in [0.15, 0.2) is 96.3 Å². The van der Waals surface area contributed by atoms with E-state index in [1.807, 2.05) is 18.2 Å². The smallest absolute Gasteiger partial charge is 0.261 e. The van der Waals surface area contributed by atoms with Gasteiger partial charge in [0.25, 0.3) is 11.8 Å². The molecule has 3 aromatic carbocycles. The molecule has 3 N–H and O–H groups in total. The highest BCUT2D eigenvalue weighted by Crippen LogP contribution is 2.38. The van der Waals surface area contributed by atoms with Gasteiger partial charge in [0.1, 0.15) is 29.0 Å². The van der Waals surface area contributed by atoms with Crippen LogP contribution in [0.5, 0.6) is 5.75 Å². The van der Waals surface area contributed by atoms with E-state index in [1.165, 1.54) is 25.4 Å². The molecule has 1 atom stereocenters. The van der Waals surface area contributed by atoms with Gasteiger partial charge in [0.05, 0.1) is 24.6 Å². The first-order valence-corrected chi connectivity index (χ1v) is 11.6. The molecule has 9 heteroatoms. The number of anilines is 3. The van der Waals surface area contributed by atoms with E-state index in [-0.39, 0.29) is 11.8 Å². The van der Waals surface area contributed by atoms with Crippen molar-refractivity contribution in [3.8, 4) is 5.75 Å². The van der Waals surface area contributed by atoms with Crippen molar-refractivity contribution in [3.63, 3.8) is 0 Å². The largest absolute Gasteiger partial charge is 0.495 e. The number of nitrogens with zero attached hydrogens (tertiary/aromatic N) is 2. The van der Waals surface area contributed by atoms with E-state index in [0.29, 0.717) is 45.3 Å². The van der Waals surface area contributed by atoms with Gasteiger partial charge in [-0.25, -0.2) is 9.07 Å². The summed E-state index contributed by atoms with van der Waals surface area (Å²) in [6.07, 6.45) is 1.45. The van der Waals surface area contributed by atoms with Crippen molar-refractivity contribution in [1.29, 1.82) is 0 Å². The lowest BCUT2D eigenvalue weighted by molar-refractivity contribution is -0.113. The maximum atomic E-state index is 13.8. The van der Waals surface area contributed by atoms with E-state index in [0.717, 1.165) is 0 Å². The number of fused-ring (bicyclic) bond motifs is 1. The lowest BCUT2D eigenvalue weighted by Gasteiger charge is -2.30. The molecule has 2 heterocycles. The predicted octanol–water partition coefficient (Wildman–Crippen LogP) is 5.21. The van der Waals surface area contributed by atoms with E-state index in [2.05, 4.69) is 21.0 Å². The Kier molecular flexibility index (Phi) is 6.42. The Labute approximate surface area is 212 Å². The number of hydrogen-bond donors (Lipinski definition) is 3. The molecule has 0 unspecified atom stereocenters. The summed E-state index contributed by atoms with van der Waals surface area (Å²) in [6, 6.07) is 21.3. The molecule has 8 nitrogen and oxygen atoms in total. The third-order valence-corrected chi connectivity index (χ3v) is 6.09. The molecule has 1 aromatic heterocycles. The van der Waals surface area contributed by atoms with Crippen LogP contribution >= 0.6 is 0 Å². The van der Waals surface area contributed by atoms with Gasteiger partial charge in [-0.15, -0.1) is 0 Å². The van der Waals surface area contributed by atoms with Crippen molar-refractivity contribution < 1.29 is 18.7 Å². The van der Waals surface area contributed by atoms with E-state index < -0.39 is 11.9 Å². The standard InChI is InChI=1S/C28H24FN5O3/c1-17-24(28(36)33-22-10-6-7-11-23(22)37-2)25(18-12-14-19(29)15-13-18)34-26(31-17)21(16-30-34)27(35)32-20-8-4-3-5-9-20/h3-16,25,31H,1-2H3,(H,32,35)(H,33,36)/t25-/m0/s1. The van der Waals surface area contributed by atoms with Crippen molar-refractivity contribution >= 4 is 29.0 Å². The van der Waals surface area contributed by atoms with Gasteiger partial charge in [-0.3, -0.25) is 9.59 Å². The summed E-state index contributed by atoms with van der Waals surface area (Å²) in [5.74, 6) is -0.209. The molecular formula is C28H24FN5O3. The van der Waals surface area contributed by atoms with Gasteiger partial charge in [0, 0.05) is 11.4 Å². The summed E-state index contributed by atoms with van der Waals surface area (Å²) in [4.78, 5) is 26.7. The normalized spacial score (nSPS) is 14.4. The van der Waals surface area contributed by atoms with Crippen LogP contribution in [0.4, 0.5) is 21.6 Å². The van der Waals surface area contributed by atoms with E-state index in [9.17, 15) is 14.0 Å². The van der Waals surface area contributed by atoms with Crippen LogP contribution in [0.2, 0.25) is 0 Å². The van der Waals surface area contributed by atoms with Crippen LogP contribution in [0.3, 0.4) is 0 Å². The Morgan fingerprint density at radius 2 is 1.65 bits per heavy atom. The van der Waals surface area contributed by atoms with Gasteiger partial charge in [-0.1, -0.05) is 42.5 Å². The van der Waals surface area contributed by atoms with Gasteiger partial charge >= 0.3 is 0 Å². The molecule has 186 valence electrons. The fourth-order valence-electron chi connectivity index (χ4n) is 4.33. The van der Waals surface area contributed by atoms with Gasteiger partial charge in [-0.05, 0) is 48.9 Å². The summed E-state index contributed by atoms with van der Waals surface area (Å²) in [5, 5.41) is 13.4. The molecule has 37 heavy (non-hydrogen) atoms. The Morgan fingerprint density at radius 3 is 2.38 bits per heavy atom. The van der Waals surface area contributed by atoms with Crippen LogP contribution in [0.25, 0.3) is 0 Å². The molecule has 0 radical (unpaired) electrons. The Bertz CT molecular complexity index is 1500. The maximum Gasteiger partial charge on any atom is 0.261 e. The van der Waals surface area contributed by atoms with Crippen LogP contribution in [0.1, 0.15) is 28.9 Å². The van der Waals surface area contributed by atoms with Crippen molar-refractivity contribution in [3.05, 3.63) is 113 Å². The molecular weight excluding hydrogens is 473 g/mol. The molecule has 5 rings (SSSR count). The number of nitrogens with one attached hydrogen (secondary N) is 3. The minimum atomic E-state index is -0.718. The van der Waals surface area contributed by atoms with Gasteiger partial charge in [-0.2, -0.15) is 5.10 Å². The number of benzene rings is 3. The number of allylic oxidation sites excluding steroid dienone is 1. The molecule has 1 aliphatic heterocycles. The zero-order valence-corrected chi connectivity index (χ0v) is 20.2. The third-order valence-electron chi connectivity index (χ3n) is 6.09. The second-order valence-corrected chi connectivity index (χ2v) is 8.44. The summed E-state index contributed by atoms with van der Waals surface area (Å²) < 4.78 is 20.7. The van der Waals surface area contributed by atoms with Crippen LogP contribution < -0.4 is 20.7 Å². The lowest BCUT2D eigenvalue weighted by atomic mass is 9.94. The van der Waals surface area contributed by atoms with Crippen molar-refractivity contribution in [2.24, 2.45) is 0 Å². The van der Waals surface area contributed by atoms with Crippen molar-refractivity contribution in [2.45, 2.75) is 13.0 Å². The summed E-state index contributed by atoms with van der Waals surface area (Å²) in [6.45, 7) is 1.75. The molecule has 0 fully saturated rings.